The maximum atomic E-state index is 12.9. The molecule has 0 bridgehead atoms. The Hall–Kier alpha value is -3.76. The van der Waals surface area contributed by atoms with E-state index in [0.717, 1.165) is 50.7 Å². The number of carbonyl (C=O) groups excluding carboxylic acids is 2. The molecule has 2 aromatic heterocycles. The van der Waals surface area contributed by atoms with Crippen molar-refractivity contribution in [1.29, 1.82) is 5.26 Å². The Morgan fingerprint density at radius 1 is 0.913 bits per heavy atom. The van der Waals surface area contributed by atoms with E-state index in [1.54, 1.807) is 24.3 Å². The second-order valence-corrected chi connectivity index (χ2v) is 12.5. The van der Waals surface area contributed by atoms with Crippen LogP contribution in [0.4, 0.5) is 11.5 Å². The number of hydrogen-bond acceptors (Lipinski definition) is 10. The number of thioether (sulfide) groups is 1. The van der Waals surface area contributed by atoms with Crippen molar-refractivity contribution in [3.63, 3.8) is 0 Å². The summed E-state index contributed by atoms with van der Waals surface area (Å²) in [6.07, 6.45) is 4.42. The van der Waals surface area contributed by atoms with Crippen LogP contribution >= 0.6 is 24.2 Å². The van der Waals surface area contributed by atoms with E-state index in [9.17, 15) is 14.9 Å². The van der Waals surface area contributed by atoms with Crippen molar-refractivity contribution in [2.45, 2.75) is 44.2 Å². The first-order valence-corrected chi connectivity index (χ1v) is 16.6. The topological polar surface area (TPSA) is 144 Å². The SMILES string of the molecule is CC(=O)Nc1ccc(-c2nc(SCCc3cccc(CCC(=O)N4CCN(CCN5CCCC5)CC4)n3)nc(N)c2C#N)cc1.Cl. The summed E-state index contributed by atoms with van der Waals surface area (Å²) >= 11 is 1.45. The number of rotatable bonds is 12. The molecular weight excluding hydrogens is 622 g/mol. The molecule has 3 N–H and O–H groups in total. The van der Waals surface area contributed by atoms with Gasteiger partial charge in [0.2, 0.25) is 11.8 Å². The Labute approximate surface area is 281 Å². The first-order chi connectivity index (χ1) is 21.9. The third-order valence-corrected chi connectivity index (χ3v) is 9.06. The molecule has 244 valence electrons. The number of hydrogen-bond donors (Lipinski definition) is 2. The molecule has 0 spiro atoms. The van der Waals surface area contributed by atoms with Crippen molar-refractivity contribution < 1.29 is 9.59 Å². The molecule has 11 nitrogen and oxygen atoms in total. The number of halogens is 1. The molecule has 0 radical (unpaired) electrons. The fourth-order valence-corrected chi connectivity index (χ4v) is 6.53. The van der Waals surface area contributed by atoms with Gasteiger partial charge in [0.25, 0.3) is 0 Å². The van der Waals surface area contributed by atoms with Crippen molar-refractivity contribution in [2.75, 3.05) is 69.2 Å². The number of pyridine rings is 1. The van der Waals surface area contributed by atoms with Crippen LogP contribution < -0.4 is 11.1 Å². The Bertz CT molecular complexity index is 1520. The fourth-order valence-electron chi connectivity index (χ4n) is 5.71. The van der Waals surface area contributed by atoms with E-state index in [0.29, 0.717) is 47.1 Å². The Morgan fingerprint density at radius 3 is 2.22 bits per heavy atom. The largest absolute Gasteiger partial charge is 0.382 e. The number of nitrogen functional groups attached to an aromatic ring is 1. The van der Waals surface area contributed by atoms with Gasteiger partial charge in [-0.15, -0.1) is 12.4 Å². The molecule has 13 heteroatoms. The first kappa shape index (κ1) is 35.1. The maximum absolute atomic E-state index is 12.9. The van der Waals surface area contributed by atoms with Crippen LogP contribution in [-0.2, 0) is 22.4 Å². The summed E-state index contributed by atoms with van der Waals surface area (Å²) < 4.78 is 0. The van der Waals surface area contributed by atoms with Crippen LogP contribution in [0, 0.1) is 11.3 Å². The van der Waals surface area contributed by atoms with E-state index in [1.807, 2.05) is 23.1 Å². The number of benzene rings is 1. The maximum Gasteiger partial charge on any atom is 0.223 e. The summed E-state index contributed by atoms with van der Waals surface area (Å²) in [6.45, 7) is 9.64. The molecular formula is C33H42ClN9O2S. The number of nitriles is 1. The van der Waals surface area contributed by atoms with E-state index in [-0.39, 0.29) is 35.6 Å². The number of aromatic nitrogens is 3. The fraction of sp³-hybridized carbons (Fsp3) is 0.455. The number of nitrogens with one attached hydrogen (secondary N) is 1. The molecule has 0 unspecified atom stereocenters. The zero-order chi connectivity index (χ0) is 31.6. The number of piperazine rings is 1. The van der Waals surface area contributed by atoms with Crippen LogP contribution in [-0.4, -0.2) is 99.6 Å². The van der Waals surface area contributed by atoms with E-state index >= 15 is 0 Å². The molecule has 5 rings (SSSR count). The van der Waals surface area contributed by atoms with Gasteiger partial charge in [0, 0.05) is 81.0 Å². The number of nitrogens with two attached hydrogens (primary N) is 1. The quantitative estimate of drug-likeness (QED) is 0.216. The summed E-state index contributed by atoms with van der Waals surface area (Å²) in [7, 11) is 0. The van der Waals surface area contributed by atoms with Crippen LogP contribution in [0.25, 0.3) is 11.3 Å². The van der Waals surface area contributed by atoms with Crippen molar-refractivity contribution in [3.8, 4) is 17.3 Å². The van der Waals surface area contributed by atoms with Crippen molar-refractivity contribution in [2.24, 2.45) is 0 Å². The molecule has 2 amide bonds. The number of aryl methyl sites for hydroxylation is 2. The van der Waals surface area contributed by atoms with Gasteiger partial charge >= 0.3 is 0 Å². The van der Waals surface area contributed by atoms with Gasteiger partial charge < -0.3 is 20.9 Å². The lowest BCUT2D eigenvalue weighted by atomic mass is 10.1. The molecule has 0 atom stereocenters. The lowest BCUT2D eigenvalue weighted by Gasteiger charge is -2.35. The summed E-state index contributed by atoms with van der Waals surface area (Å²) in [4.78, 5) is 45.1. The van der Waals surface area contributed by atoms with Gasteiger partial charge in [-0.3, -0.25) is 19.5 Å². The highest BCUT2D eigenvalue weighted by Crippen LogP contribution is 2.29. The molecule has 1 aromatic carbocycles. The summed E-state index contributed by atoms with van der Waals surface area (Å²) in [5.74, 6) is 0.840. The zero-order valence-corrected chi connectivity index (χ0v) is 27.9. The zero-order valence-electron chi connectivity index (χ0n) is 26.3. The molecule has 2 saturated heterocycles. The summed E-state index contributed by atoms with van der Waals surface area (Å²) in [6, 6.07) is 15.2. The summed E-state index contributed by atoms with van der Waals surface area (Å²) in [5, 5.41) is 12.9. The highest BCUT2D eigenvalue weighted by molar-refractivity contribution is 7.99. The van der Waals surface area contributed by atoms with Gasteiger partial charge in [0.1, 0.15) is 17.5 Å². The highest BCUT2D eigenvalue weighted by Gasteiger charge is 2.22. The highest BCUT2D eigenvalue weighted by atomic mass is 35.5. The third-order valence-electron chi connectivity index (χ3n) is 8.21. The van der Waals surface area contributed by atoms with Crippen LogP contribution in [0.2, 0.25) is 0 Å². The lowest BCUT2D eigenvalue weighted by Crippen LogP contribution is -2.50. The number of amides is 2. The van der Waals surface area contributed by atoms with Crippen LogP contribution in [0.1, 0.15) is 43.1 Å². The van der Waals surface area contributed by atoms with Crippen LogP contribution in [0.3, 0.4) is 0 Å². The Kier molecular flexibility index (Phi) is 13.2. The summed E-state index contributed by atoms with van der Waals surface area (Å²) in [5.41, 5.74) is 10.0. The van der Waals surface area contributed by atoms with Gasteiger partial charge in [-0.05, 0) is 63.0 Å². The Morgan fingerprint density at radius 2 is 1.57 bits per heavy atom. The predicted molar refractivity (Wildman–Crippen MR) is 184 cm³/mol. The Balaban J connectivity index is 0.00000480. The number of likely N-dealkylation sites (tertiary alicyclic amines) is 1. The number of carbonyl (C=O) groups is 2. The van der Waals surface area contributed by atoms with Crippen molar-refractivity contribution >= 4 is 47.5 Å². The lowest BCUT2D eigenvalue weighted by molar-refractivity contribution is -0.133. The van der Waals surface area contributed by atoms with Gasteiger partial charge in [-0.1, -0.05) is 30.0 Å². The van der Waals surface area contributed by atoms with E-state index in [2.05, 4.69) is 31.2 Å². The monoisotopic (exact) mass is 663 g/mol. The van der Waals surface area contributed by atoms with Gasteiger partial charge in [-0.2, -0.15) is 5.26 Å². The predicted octanol–water partition coefficient (Wildman–Crippen LogP) is 3.88. The van der Waals surface area contributed by atoms with Crippen LogP contribution in [0.15, 0.2) is 47.6 Å². The van der Waals surface area contributed by atoms with Gasteiger partial charge in [0.05, 0.1) is 5.69 Å². The molecule has 2 aliphatic heterocycles. The van der Waals surface area contributed by atoms with Gasteiger partial charge in [0.15, 0.2) is 5.16 Å². The van der Waals surface area contributed by atoms with Crippen molar-refractivity contribution in [1.82, 2.24) is 29.7 Å². The van der Waals surface area contributed by atoms with E-state index in [1.165, 1.54) is 44.6 Å². The second-order valence-electron chi connectivity index (χ2n) is 11.5. The second kappa shape index (κ2) is 17.2. The molecule has 0 saturated carbocycles. The molecule has 4 heterocycles. The molecule has 0 aliphatic carbocycles. The minimum atomic E-state index is -0.161. The minimum Gasteiger partial charge on any atom is -0.382 e. The van der Waals surface area contributed by atoms with Crippen molar-refractivity contribution in [3.05, 3.63) is 59.4 Å². The average molecular weight is 664 g/mol. The number of nitrogens with zero attached hydrogens (tertiary/aromatic N) is 7. The third kappa shape index (κ3) is 9.87. The average Bonchev–Trinajstić information content (AvgIpc) is 3.57. The molecule has 46 heavy (non-hydrogen) atoms. The van der Waals surface area contributed by atoms with E-state index in [4.69, 9.17) is 10.7 Å². The van der Waals surface area contributed by atoms with E-state index < -0.39 is 0 Å². The molecule has 2 fully saturated rings. The van der Waals surface area contributed by atoms with Gasteiger partial charge in [-0.25, -0.2) is 9.97 Å². The first-order valence-electron chi connectivity index (χ1n) is 15.6. The molecule has 3 aromatic rings. The normalized spacial score (nSPS) is 15.3. The minimum absolute atomic E-state index is 0. The molecule has 2 aliphatic rings. The number of anilines is 2. The smallest absolute Gasteiger partial charge is 0.223 e. The standard InChI is InChI=1S/C33H41N9O2S.ClH/c1-24(43)36-28-9-7-25(8-10-28)31-29(23-34)32(35)39-33(38-31)45-22-13-27-6-4-5-26(37-27)11-12-30(44)42-20-18-41(19-21-42)17-16-40-14-2-3-15-40;/h4-10H,2-3,11-22H2,1H3,(H,36,43)(H2,35,38,39);1H. The van der Waals surface area contributed by atoms with Crippen LogP contribution in [0.5, 0.6) is 0 Å².